The summed E-state index contributed by atoms with van der Waals surface area (Å²) < 4.78 is 19.1. The molecule has 0 bridgehead atoms. The van der Waals surface area contributed by atoms with Gasteiger partial charge in [0.2, 0.25) is 5.56 Å². The SMILES string of the molecule is CC(C)(N)COc1ccc(Nc2ccc(CCNC[C@H](O[Si](C)(C)C(C)(C)C)c3ccc(OCc4ccccc4)c4[nH]c(=O)ccc34)cc2)cc1. The summed E-state index contributed by atoms with van der Waals surface area (Å²) in [4.78, 5) is 15.6. The van der Waals surface area contributed by atoms with Crippen molar-refractivity contribution in [3.05, 3.63) is 130 Å². The van der Waals surface area contributed by atoms with Crippen LogP contribution in [0.5, 0.6) is 11.5 Å². The minimum absolute atomic E-state index is 0.0292. The second kappa shape index (κ2) is 16.3. The molecule has 5 N–H and O–H groups in total. The standard InChI is InChI=1S/C42H54N4O4Si/c1-41(2,3)51(6,7)50-38(35-21-23-37(40-36(35)22-24-39(47)46-40)48-28-31-11-9-8-10-12-31)27-44-26-25-30-13-15-32(16-14-30)45-33-17-19-34(20-18-33)49-29-42(4,5)43/h8-24,38,44-45H,25-29,43H2,1-7H3,(H,46,47)/t38-/m0/s1. The highest BCUT2D eigenvalue weighted by atomic mass is 28.4. The molecular formula is C42H54N4O4Si. The lowest BCUT2D eigenvalue weighted by Gasteiger charge is -2.39. The molecule has 4 aromatic carbocycles. The fourth-order valence-corrected chi connectivity index (χ4v) is 6.70. The zero-order valence-corrected chi connectivity index (χ0v) is 32.1. The van der Waals surface area contributed by atoms with E-state index >= 15 is 0 Å². The maximum atomic E-state index is 12.5. The van der Waals surface area contributed by atoms with Gasteiger partial charge in [-0.25, -0.2) is 0 Å². The molecule has 1 atom stereocenters. The minimum atomic E-state index is -2.16. The molecule has 5 rings (SSSR count). The first-order valence-corrected chi connectivity index (χ1v) is 20.7. The van der Waals surface area contributed by atoms with Gasteiger partial charge in [-0.05, 0) is 110 Å². The van der Waals surface area contributed by atoms with E-state index in [1.165, 1.54) is 5.56 Å². The van der Waals surface area contributed by atoms with Crippen molar-refractivity contribution in [2.75, 3.05) is 25.0 Å². The summed E-state index contributed by atoms with van der Waals surface area (Å²) in [5.41, 5.74) is 11.5. The van der Waals surface area contributed by atoms with E-state index in [2.05, 4.69) is 79.8 Å². The largest absolute Gasteiger partial charge is 0.492 e. The molecule has 0 radical (unpaired) electrons. The van der Waals surface area contributed by atoms with Gasteiger partial charge >= 0.3 is 0 Å². The van der Waals surface area contributed by atoms with Gasteiger partial charge in [-0.1, -0.05) is 69.3 Å². The van der Waals surface area contributed by atoms with Gasteiger partial charge in [0, 0.05) is 34.9 Å². The molecule has 270 valence electrons. The summed E-state index contributed by atoms with van der Waals surface area (Å²) in [5, 5.41) is 8.10. The summed E-state index contributed by atoms with van der Waals surface area (Å²) in [7, 11) is -2.16. The number of hydrogen-bond acceptors (Lipinski definition) is 7. The van der Waals surface area contributed by atoms with Crippen molar-refractivity contribution < 1.29 is 13.9 Å². The van der Waals surface area contributed by atoms with Crippen LogP contribution in [-0.4, -0.2) is 38.5 Å². The van der Waals surface area contributed by atoms with Gasteiger partial charge in [-0.2, -0.15) is 0 Å². The van der Waals surface area contributed by atoms with Crippen molar-refractivity contribution in [1.82, 2.24) is 10.3 Å². The Labute approximate surface area is 303 Å². The molecule has 9 heteroatoms. The maximum absolute atomic E-state index is 12.5. The van der Waals surface area contributed by atoms with Crippen molar-refractivity contribution in [3.63, 3.8) is 0 Å². The number of aromatic nitrogens is 1. The lowest BCUT2D eigenvalue weighted by Crippen LogP contribution is -2.43. The highest BCUT2D eigenvalue weighted by molar-refractivity contribution is 6.74. The zero-order chi connectivity index (χ0) is 36.6. The molecule has 0 fully saturated rings. The maximum Gasteiger partial charge on any atom is 0.248 e. The number of aromatic amines is 1. The van der Waals surface area contributed by atoms with E-state index in [9.17, 15) is 4.79 Å². The van der Waals surface area contributed by atoms with Crippen LogP contribution < -0.4 is 31.4 Å². The molecule has 0 aliphatic carbocycles. The molecular weight excluding hydrogens is 653 g/mol. The van der Waals surface area contributed by atoms with Gasteiger partial charge in [0.05, 0.1) is 11.6 Å². The molecule has 0 saturated heterocycles. The van der Waals surface area contributed by atoms with Crippen LogP contribution in [0.4, 0.5) is 11.4 Å². The van der Waals surface area contributed by atoms with Crippen LogP contribution >= 0.6 is 0 Å². The van der Waals surface area contributed by atoms with Crippen molar-refractivity contribution in [1.29, 1.82) is 0 Å². The average Bonchev–Trinajstić information content (AvgIpc) is 3.08. The number of rotatable bonds is 16. The van der Waals surface area contributed by atoms with Crippen LogP contribution in [0.25, 0.3) is 10.9 Å². The monoisotopic (exact) mass is 706 g/mol. The smallest absolute Gasteiger partial charge is 0.248 e. The number of fused-ring (bicyclic) bond motifs is 1. The van der Waals surface area contributed by atoms with Crippen LogP contribution in [0, 0.1) is 0 Å². The van der Waals surface area contributed by atoms with Crippen LogP contribution in [0.3, 0.4) is 0 Å². The van der Waals surface area contributed by atoms with Crippen molar-refractivity contribution in [3.8, 4) is 11.5 Å². The summed E-state index contributed by atoms with van der Waals surface area (Å²) in [5.74, 6) is 1.44. The van der Waals surface area contributed by atoms with Gasteiger partial charge in [0.25, 0.3) is 0 Å². The van der Waals surface area contributed by atoms with E-state index in [0.29, 0.717) is 31.0 Å². The summed E-state index contributed by atoms with van der Waals surface area (Å²) in [6.07, 6.45) is 0.657. The highest BCUT2D eigenvalue weighted by Crippen LogP contribution is 2.41. The predicted octanol–water partition coefficient (Wildman–Crippen LogP) is 8.86. The van der Waals surface area contributed by atoms with Gasteiger partial charge < -0.3 is 35.3 Å². The third-order valence-corrected chi connectivity index (χ3v) is 13.8. The van der Waals surface area contributed by atoms with Gasteiger partial charge in [0.15, 0.2) is 8.32 Å². The molecule has 0 aliphatic rings. The molecule has 5 aromatic rings. The van der Waals surface area contributed by atoms with Gasteiger partial charge in [0.1, 0.15) is 24.7 Å². The number of anilines is 2. The summed E-state index contributed by atoms with van der Waals surface area (Å²) in [6.45, 7) is 17.5. The molecule has 1 aromatic heterocycles. The number of H-pyrrole nitrogens is 1. The van der Waals surface area contributed by atoms with Crippen molar-refractivity contribution in [2.24, 2.45) is 5.73 Å². The summed E-state index contributed by atoms with van der Waals surface area (Å²) in [6, 6.07) is 34.0. The Balaban J connectivity index is 1.25. The Morgan fingerprint density at radius 2 is 1.45 bits per heavy atom. The first-order valence-electron chi connectivity index (χ1n) is 17.8. The molecule has 0 saturated carbocycles. The van der Waals surface area contributed by atoms with E-state index < -0.39 is 8.32 Å². The zero-order valence-electron chi connectivity index (χ0n) is 31.1. The molecule has 0 unspecified atom stereocenters. The third-order valence-electron chi connectivity index (χ3n) is 9.35. The number of hydrogen-bond donors (Lipinski definition) is 4. The molecule has 0 amide bonds. The Bertz CT molecular complexity index is 1910. The Morgan fingerprint density at radius 1 is 0.784 bits per heavy atom. The Hall–Kier alpha value is -4.41. The summed E-state index contributed by atoms with van der Waals surface area (Å²) >= 11 is 0. The molecule has 8 nitrogen and oxygen atoms in total. The second-order valence-electron chi connectivity index (χ2n) is 15.5. The van der Waals surface area contributed by atoms with E-state index in [1.807, 2.05) is 80.6 Å². The van der Waals surface area contributed by atoms with Crippen LogP contribution in [0.15, 0.2) is 108 Å². The van der Waals surface area contributed by atoms with Crippen LogP contribution in [0.2, 0.25) is 18.1 Å². The molecule has 0 aliphatic heterocycles. The van der Waals surface area contributed by atoms with Crippen molar-refractivity contribution in [2.45, 2.75) is 77.4 Å². The lowest BCUT2D eigenvalue weighted by atomic mass is 10.0. The lowest BCUT2D eigenvalue weighted by molar-refractivity contribution is 0.182. The number of pyridine rings is 1. The van der Waals surface area contributed by atoms with E-state index in [4.69, 9.17) is 19.6 Å². The first-order chi connectivity index (χ1) is 24.2. The van der Waals surface area contributed by atoms with Crippen LogP contribution in [0.1, 0.15) is 57.4 Å². The Kier molecular flexibility index (Phi) is 12.1. The quantitative estimate of drug-likeness (QED) is 0.0600. The van der Waals surface area contributed by atoms with E-state index in [0.717, 1.165) is 46.6 Å². The fourth-order valence-electron chi connectivity index (χ4n) is 5.42. The molecule has 0 spiro atoms. The number of nitrogens with two attached hydrogens (primary N) is 1. The normalized spacial score (nSPS) is 12.9. The number of benzene rings is 4. The molecule has 1 heterocycles. The Morgan fingerprint density at radius 3 is 2.10 bits per heavy atom. The first kappa shape index (κ1) is 37.8. The predicted molar refractivity (Wildman–Crippen MR) is 213 cm³/mol. The molecule has 51 heavy (non-hydrogen) atoms. The number of ether oxygens (including phenoxy) is 2. The second-order valence-corrected chi connectivity index (χ2v) is 20.2. The minimum Gasteiger partial charge on any atom is -0.492 e. The fraction of sp³-hybridized carbons (Fsp3) is 0.357. The highest BCUT2D eigenvalue weighted by Gasteiger charge is 2.39. The van der Waals surface area contributed by atoms with E-state index in [-0.39, 0.29) is 22.2 Å². The van der Waals surface area contributed by atoms with Gasteiger partial charge in [-0.3, -0.25) is 4.79 Å². The van der Waals surface area contributed by atoms with Gasteiger partial charge in [-0.15, -0.1) is 0 Å². The number of nitrogens with one attached hydrogen (secondary N) is 3. The van der Waals surface area contributed by atoms with Crippen LogP contribution in [-0.2, 0) is 17.5 Å². The van der Waals surface area contributed by atoms with E-state index in [1.54, 1.807) is 6.07 Å². The van der Waals surface area contributed by atoms with Crippen molar-refractivity contribution >= 4 is 30.6 Å². The average molecular weight is 707 g/mol. The third kappa shape index (κ3) is 10.8. The topological polar surface area (TPSA) is 111 Å².